The molecule has 0 spiro atoms. The van der Waals surface area contributed by atoms with E-state index in [1.54, 1.807) is 30.0 Å². The van der Waals surface area contributed by atoms with Crippen LogP contribution in [0.15, 0.2) is 78.2 Å². The van der Waals surface area contributed by atoms with Gasteiger partial charge in [0.1, 0.15) is 45.9 Å². The summed E-state index contributed by atoms with van der Waals surface area (Å²) in [5.74, 6) is -1.80. The van der Waals surface area contributed by atoms with Gasteiger partial charge in [-0.25, -0.2) is 37.1 Å². The van der Waals surface area contributed by atoms with Gasteiger partial charge in [-0.15, -0.1) is 0 Å². The third-order valence-electron chi connectivity index (χ3n) is 8.12. The van der Waals surface area contributed by atoms with Crippen molar-refractivity contribution in [2.45, 2.75) is 11.8 Å². The van der Waals surface area contributed by atoms with Crippen molar-refractivity contribution in [3.8, 4) is 5.82 Å². The fourth-order valence-electron chi connectivity index (χ4n) is 5.63. The molecule has 0 aliphatic carbocycles. The molecule has 12 nitrogen and oxygen atoms in total. The molecule has 3 aromatic carbocycles. The van der Waals surface area contributed by atoms with Crippen molar-refractivity contribution in [1.82, 2.24) is 29.4 Å². The molecule has 17 heteroatoms. The van der Waals surface area contributed by atoms with Crippen LogP contribution in [0.3, 0.4) is 0 Å². The van der Waals surface area contributed by atoms with E-state index in [0.717, 1.165) is 28.9 Å². The second kappa shape index (κ2) is 12.7. The summed E-state index contributed by atoms with van der Waals surface area (Å²) in [7, 11) is -4.41. The van der Waals surface area contributed by atoms with E-state index in [0.29, 0.717) is 37.5 Å². The standard InChI is InChI=1S/C32H25Cl2F2N9O3S/c1-18(46)43-12-14-44(15-13-43)23-5-3-6-24-31(23)39-17-45(24)26-11-10-22-30(40-26)32(38-16-37-22)41-29-20(35)8-9-21(28(29)36)42-49(47,48)25-7-2-4-19(33)27(25)34/h2-11,16-17,42H,12-15H2,1H3,(H,37,38,41). The highest BCUT2D eigenvalue weighted by Gasteiger charge is 2.25. The molecule has 3 aromatic heterocycles. The molecule has 7 rings (SSSR count). The van der Waals surface area contributed by atoms with Crippen LogP contribution in [-0.4, -0.2) is 69.9 Å². The van der Waals surface area contributed by atoms with E-state index in [9.17, 15) is 13.2 Å². The number of halogens is 4. The third kappa shape index (κ3) is 6.04. The normalized spacial score (nSPS) is 13.7. The lowest BCUT2D eigenvalue weighted by atomic mass is 10.2. The summed E-state index contributed by atoms with van der Waals surface area (Å²) >= 11 is 12.1. The van der Waals surface area contributed by atoms with Crippen LogP contribution in [0.1, 0.15) is 6.92 Å². The lowest BCUT2D eigenvalue weighted by molar-refractivity contribution is -0.129. The summed E-state index contributed by atoms with van der Waals surface area (Å²) in [6.45, 7) is 4.11. The SMILES string of the molecule is CC(=O)N1CCN(c2cccc3c2ncn3-c2ccc3ncnc(Nc4c(F)ccc(NS(=O)(=O)c5cccc(Cl)c5Cl)c4F)c3n2)CC1. The van der Waals surface area contributed by atoms with Crippen LogP contribution in [-0.2, 0) is 14.8 Å². The number of para-hydroxylation sites is 1. The highest BCUT2D eigenvalue weighted by molar-refractivity contribution is 7.92. The first kappa shape index (κ1) is 32.4. The molecule has 6 aromatic rings. The number of benzene rings is 3. The molecular weight excluding hydrogens is 699 g/mol. The number of nitrogens with one attached hydrogen (secondary N) is 2. The molecule has 250 valence electrons. The highest BCUT2D eigenvalue weighted by atomic mass is 35.5. The van der Waals surface area contributed by atoms with Crippen LogP contribution in [0.5, 0.6) is 0 Å². The quantitative estimate of drug-likeness (QED) is 0.198. The predicted molar refractivity (Wildman–Crippen MR) is 183 cm³/mol. The van der Waals surface area contributed by atoms with Gasteiger partial charge in [-0.05, 0) is 48.5 Å². The second-order valence-electron chi connectivity index (χ2n) is 11.1. The molecule has 4 heterocycles. The van der Waals surface area contributed by atoms with Crippen molar-refractivity contribution in [2.24, 2.45) is 0 Å². The molecule has 1 amide bonds. The molecule has 2 N–H and O–H groups in total. The van der Waals surface area contributed by atoms with Gasteiger partial charge in [-0.2, -0.15) is 0 Å². The Morgan fingerprint density at radius 2 is 1.67 bits per heavy atom. The molecule has 0 atom stereocenters. The van der Waals surface area contributed by atoms with Crippen LogP contribution < -0.4 is 14.9 Å². The number of anilines is 4. The average molecular weight is 725 g/mol. The van der Waals surface area contributed by atoms with Crippen LogP contribution >= 0.6 is 23.2 Å². The molecule has 0 bridgehead atoms. The largest absolute Gasteiger partial charge is 0.366 e. The van der Waals surface area contributed by atoms with Gasteiger partial charge in [-0.1, -0.05) is 35.3 Å². The minimum absolute atomic E-state index is 0.0117. The number of amides is 1. The molecule has 0 radical (unpaired) electrons. The van der Waals surface area contributed by atoms with Gasteiger partial charge in [0.25, 0.3) is 10.0 Å². The van der Waals surface area contributed by atoms with E-state index in [2.05, 4.69) is 29.9 Å². The maximum absolute atomic E-state index is 15.8. The van der Waals surface area contributed by atoms with Crippen LogP contribution in [0, 0.1) is 11.6 Å². The van der Waals surface area contributed by atoms with E-state index in [1.165, 1.54) is 24.5 Å². The lowest BCUT2D eigenvalue weighted by Crippen LogP contribution is -2.48. The Balaban J connectivity index is 1.22. The van der Waals surface area contributed by atoms with Gasteiger partial charge in [0.15, 0.2) is 11.6 Å². The zero-order valence-electron chi connectivity index (χ0n) is 25.5. The topological polar surface area (TPSA) is 138 Å². The van der Waals surface area contributed by atoms with E-state index >= 15 is 8.78 Å². The molecular formula is C32H25Cl2F2N9O3S. The Hall–Kier alpha value is -5.12. The molecule has 0 unspecified atom stereocenters. The lowest BCUT2D eigenvalue weighted by Gasteiger charge is -2.35. The Bertz CT molecular complexity index is 2390. The zero-order chi connectivity index (χ0) is 34.4. The number of fused-ring (bicyclic) bond motifs is 2. The Labute approximate surface area is 288 Å². The Morgan fingerprint density at radius 3 is 2.45 bits per heavy atom. The number of rotatable bonds is 7. The fourth-order valence-corrected chi connectivity index (χ4v) is 7.46. The van der Waals surface area contributed by atoms with Crippen LogP contribution in [0.2, 0.25) is 10.0 Å². The van der Waals surface area contributed by atoms with E-state index in [1.807, 2.05) is 23.1 Å². The number of pyridine rings is 1. The number of sulfonamides is 1. The monoisotopic (exact) mass is 723 g/mol. The fraction of sp³-hybridized carbons (Fsp3) is 0.156. The zero-order valence-corrected chi connectivity index (χ0v) is 27.9. The number of carbonyl (C=O) groups is 1. The first-order chi connectivity index (χ1) is 23.5. The Morgan fingerprint density at radius 1 is 0.898 bits per heavy atom. The summed E-state index contributed by atoms with van der Waals surface area (Å²) in [6.07, 6.45) is 2.84. The minimum atomic E-state index is -4.41. The first-order valence-electron chi connectivity index (χ1n) is 14.8. The summed E-state index contributed by atoms with van der Waals surface area (Å²) in [6, 6.07) is 15.0. The number of aromatic nitrogens is 5. The Kier molecular flexibility index (Phi) is 8.42. The number of carbonyl (C=O) groups excluding carboxylic acids is 1. The molecule has 1 fully saturated rings. The highest BCUT2D eigenvalue weighted by Crippen LogP contribution is 2.34. The van der Waals surface area contributed by atoms with Crippen molar-refractivity contribution in [2.75, 3.05) is 41.1 Å². The van der Waals surface area contributed by atoms with Crippen molar-refractivity contribution in [1.29, 1.82) is 0 Å². The molecule has 1 aliphatic heterocycles. The average Bonchev–Trinajstić information content (AvgIpc) is 3.53. The summed E-state index contributed by atoms with van der Waals surface area (Å²) < 4.78 is 60.9. The number of hydrogen-bond acceptors (Lipinski definition) is 9. The number of nitrogens with zero attached hydrogens (tertiary/aromatic N) is 7. The number of imidazole rings is 1. The van der Waals surface area contributed by atoms with Gasteiger partial charge in [-0.3, -0.25) is 14.1 Å². The van der Waals surface area contributed by atoms with Gasteiger partial charge < -0.3 is 15.1 Å². The van der Waals surface area contributed by atoms with E-state index in [4.69, 9.17) is 28.2 Å². The van der Waals surface area contributed by atoms with Gasteiger partial charge in [0.05, 0.1) is 32.5 Å². The van der Waals surface area contributed by atoms with Crippen molar-refractivity contribution >= 4 is 84.1 Å². The number of piperazine rings is 1. The van der Waals surface area contributed by atoms with E-state index < -0.39 is 33.0 Å². The first-order valence-corrected chi connectivity index (χ1v) is 17.1. The van der Waals surface area contributed by atoms with Gasteiger partial charge in [0.2, 0.25) is 5.91 Å². The van der Waals surface area contributed by atoms with E-state index in [-0.39, 0.29) is 32.2 Å². The van der Waals surface area contributed by atoms with Crippen molar-refractivity contribution in [3.05, 3.63) is 95.0 Å². The predicted octanol–water partition coefficient (Wildman–Crippen LogP) is 6.16. The molecule has 1 saturated heterocycles. The second-order valence-corrected chi connectivity index (χ2v) is 13.5. The maximum atomic E-state index is 15.8. The summed E-state index contributed by atoms with van der Waals surface area (Å²) in [5, 5.41) is 2.38. The van der Waals surface area contributed by atoms with Crippen molar-refractivity contribution < 1.29 is 22.0 Å². The van der Waals surface area contributed by atoms with Gasteiger partial charge >= 0.3 is 0 Å². The molecule has 49 heavy (non-hydrogen) atoms. The summed E-state index contributed by atoms with van der Waals surface area (Å²) in [5.41, 5.74) is 1.77. The van der Waals surface area contributed by atoms with Crippen LogP contribution in [0.4, 0.5) is 31.7 Å². The smallest absolute Gasteiger partial charge is 0.263 e. The van der Waals surface area contributed by atoms with Gasteiger partial charge in [0, 0.05) is 33.1 Å². The number of hydrogen-bond donors (Lipinski definition) is 2. The van der Waals surface area contributed by atoms with Crippen molar-refractivity contribution in [3.63, 3.8) is 0 Å². The maximum Gasteiger partial charge on any atom is 0.263 e. The minimum Gasteiger partial charge on any atom is -0.366 e. The summed E-state index contributed by atoms with van der Waals surface area (Å²) in [4.78, 5) is 33.3. The van der Waals surface area contributed by atoms with Crippen LogP contribution in [0.25, 0.3) is 27.9 Å². The third-order valence-corrected chi connectivity index (χ3v) is 10.5. The molecule has 0 saturated carbocycles. The molecule has 1 aliphatic rings.